The van der Waals surface area contributed by atoms with Gasteiger partial charge in [-0.05, 0) is 23.8 Å². The van der Waals surface area contributed by atoms with Gasteiger partial charge in [0.25, 0.3) is 0 Å². The SMILES string of the molecule is COCCN(CC(=O)O)CC1Cc2cc(Br)ccc2O1. The van der Waals surface area contributed by atoms with Crippen LogP contribution in [-0.4, -0.2) is 55.4 Å². The summed E-state index contributed by atoms with van der Waals surface area (Å²) < 4.78 is 11.9. The number of carboxylic acid groups (broad SMARTS) is 1. The summed E-state index contributed by atoms with van der Waals surface area (Å²) in [6.45, 7) is 1.69. The van der Waals surface area contributed by atoms with Crippen molar-refractivity contribution in [3.63, 3.8) is 0 Å². The number of ether oxygens (including phenoxy) is 2. The molecule has 0 bridgehead atoms. The topological polar surface area (TPSA) is 59.0 Å². The van der Waals surface area contributed by atoms with E-state index in [1.165, 1.54) is 0 Å². The lowest BCUT2D eigenvalue weighted by Gasteiger charge is -2.23. The fourth-order valence-corrected chi connectivity index (χ4v) is 2.73. The molecule has 1 N–H and O–H groups in total. The van der Waals surface area contributed by atoms with Crippen LogP contribution in [0.1, 0.15) is 5.56 Å². The first-order valence-electron chi connectivity index (χ1n) is 6.46. The number of hydrogen-bond donors (Lipinski definition) is 1. The molecule has 1 atom stereocenters. The number of fused-ring (bicyclic) bond motifs is 1. The van der Waals surface area contributed by atoms with Crippen molar-refractivity contribution in [1.82, 2.24) is 4.90 Å². The van der Waals surface area contributed by atoms with Gasteiger partial charge in [-0.3, -0.25) is 9.69 Å². The Labute approximate surface area is 126 Å². The highest BCUT2D eigenvalue weighted by atomic mass is 79.9. The van der Waals surface area contributed by atoms with Gasteiger partial charge >= 0.3 is 5.97 Å². The Morgan fingerprint density at radius 2 is 2.40 bits per heavy atom. The maximum absolute atomic E-state index is 10.9. The van der Waals surface area contributed by atoms with Crippen LogP contribution in [0, 0.1) is 0 Å². The van der Waals surface area contributed by atoms with Crippen LogP contribution in [0.25, 0.3) is 0 Å². The molecule has 0 saturated heterocycles. The summed E-state index contributed by atoms with van der Waals surface area (Å²) in [7, 11) is 1.61. The van der Waals surface area contributed by atoms with Gasteiger partial charge in [0.2, 0.25) is 0 Å². The Kier molecular flexibility index (Phi) is 5.39. The quantitative estimate of drug-likeness (QED) is 0.817. The predicted molar refractivity (Wildman–Crippen MR) is 78.2 cm³/mol. The fourth-order valence-electron chi connectivity index (χ4n) is 2.33. The molecule has 0 radical (unpaired) electrons. The first-order valence-corrected chi connectivity index (χ1v) is 7.26. The largest absolute Gasteiger partial charge is 0.488 e. The first kappa shape index (κ1) is 15.3. The number of carboxylic acids is 1. The van der Waals surface area contributed by atoms with Crippen molar-refractivity contribution in [3.05, 3.63) is 28.2 Å². The molecule has 110 valence electrons. The number of nitrogens with zero attached hydrogens (tertiary/aromatic N) is 1. The third kappa shape index (κ3) is 4.19. The van der Waals surface area contributed by atoms with Gasteiger partial charge in [0.1, 0.15) is 11.9 Å². The van der Waals surface area contributed by atoms with E-state index in [1.807, 2.05) is 23.1 Å². The molecule has 5 nitrogen and oxygen atoms in total. The van der Waals surface area contributed by atoms with Crippen LogP contribution in [0.2, 0.25) is 0 Å². The van der Waals surface area contributed by atoms with Gasteiger partial charge in [-0.25, -0.2) is 0 Å². The number of carbonyl (C=O) groups is 1. The van der Waals surface area contributed by atoms with E-state index in [0.29, 0.717) is 19.7 Å². The summed E-state index contributed by atoms with van der Waals surface area (Å²) in [5.74, 6) is 0.0552. The lowest BCUT2D eigenvalue weighted by molar-refractivity contribution is -0.138. The lowest BCUT2D eigenvalue weighted by atomic mass is 10.1. The fraction of sp³-hybridized carbons (Fsp3) is 0.500. The third-order valence-corrected chi connectivity index (χ3v) is 3.69. The van der Waals surface area contributed by atoms with Crippen molar-refractivity contribution in [1.29, 1.82) is 0 Å². The molecule has 1 aliphatic rings. The Balaban J connectivity index is 1.93. The van der Waals surface area contributed by atoms with Crippen LogP contribution in [0.3, 0.4) is 0 Å². The van der Waals surface area contributed by atoms with E-state index in [4.69, 9.17) is 14.6 Å². The van der Waals surface area contributed by atoms with Gasteiger partial charge in [0.15, 0.2) is 0 Å². The highest BCUT2D eigenvalue weighted by molar-refractivity contribution is 9.10. The Morgan fingerprint density at radius 1 is 1.60 bits per heavy atom. The number of rotatable bonds is 7. The van der Waals surface area contributed by atoms with Crippen LogP contribution in [0.4, 0.5) is 0 Å². The molecular formula is C14H18BrNO4. The van der Waals surface area contributed by atoms with Crippen molar-refractivity contribution >= 4 is 21.9 Å². The zero-order chi connectivity index (χ0) is 14.5. The average Bonchev–Trinajstić information content (AvgIpc) is 2.76. The normalized spacial score (nSPS) is 17.1. The average molecular weight is 344 g/mol. The van der Waals surface area contributed by atoms with Gasteiger partial charge in [-0.2, -0.15) is 0 Å². The van der Waals surface area contributed by atoms with Gasteiger partial charge in [-0.1, -0.05) is 15.9 Å². The Morgan fingerprint density at radius 3 is 3.10 bits per heavy atom. The lowest BCUT2D eigenvalue weighted by Crippen LogP contribution is -2.40. The summed E-state index contributed by atoms with van der Waals surface area (Å²) in [5.41, 5.74) is 1.16. The van der Waals surface area contributed by atoms with Crippen LogP contribution in [-0.2, 0) is 16.0 Å². The molecule has 0 fully saturated rings. The molecule has 1 aromatic carbocycles. The number of benzene rings is 1. The van der Waals surface area contributed by atoms with Crippen molar-refractivity contribution in [2.45, 2.75) is 12.5 Å². The monoisotopic (exact) mass is 343 g/mol. The second kappa shape index (κ2) is 7.06. The van der Waals surface area contributed by atoms with Gasteiger partial charge in [0, 0.05) is 31.1 Å². The summed E-state index contributed by atoms with van der Waals surface area (Å²) >= 11 is 3.44. The smallest absolute Gasteiger partial charge is 0.317 e. The highest BCUT2D eigenvalue weighted by Crippen LogP contribution is 2.31. The van der Waals surface area contributed by atoms with Gasteiger partial charge in [-0.15, -0.1) is 0 Å². The van der Waals surface area contributed by atoms with E-state index >= 15 is 0 Å². The standard InChI is InChI=1S/C14H18BrNO4/c1-19-5-4-16(9-14(17)18)8-12-7-10-6-11(15)2-3-13(10)20-12/h2-3,6,12H,4-5,7-9H2,1H3,(H,17,18). The van der Waals surface area contributed by atoms with E-state index in [1.54, 1.807) is 7.11 Å². The maximum atomic E-state index is 10.9. The maximum Gasteiger partial charge on any atom is 0.317 e. The van der Waals surface area contributed by atoms with Crippen LogP contribution < -0.4 is 4.74 Å². The van der Waals surface area contributed by atoms with E-state index < -0.39 is 5.97 Å². The molecule has 6 heteroatoms. The molecule has 1 heterocycles. The minimum atomic E-state index is -0.834. The molecule has 20 heavy (non-hydrogen) atoms. The van der Waals surface area contributed by atoms with E-state index in [-0.39, 0.29) is 12.6 Å². The second-order valence-electron chi connectivity index (χ2n) is 4.82. The van der Waals surface area contributed by atoms with E-state index in [9.17, 15) is 4.79 Å². The summed E-state index contributed by atoms with van der Waals surface area (Å²) in [4.78, 5) is 12.7. The summed E-state index contributed by atoms with van der Waals surface area (Å²) in [6, 6.07) is 5.93. The number of aliphatic carboxylic acids is 1. The van der Waals surface area contributed by atoms with Crippen LogP contribution >= 0.6 is 15.9 Å². The van der Waals surface area contributed by atoms with Crippen molar-refractivity contribution in [2.24, 2.45) is 0 Å². The predicted octanol–water partition coefficient (Wildman–Crippen LogP) is 1.79. The molecule has 0 amide bonds. The summed E-state index contributed by atoms with van der Waals surface area (Å²) in [6.07, 6.45) is 0.799. The van der Waals surface area contributed by atoms with Crippen molar-refractivity contribution in [2.75, 3.05) is 33.4 Å². The van der Waals surface area contributed by atoms with E-state index in [0.717, 1.165) is 22.2 Å². The van der Waals surface area contributed by atoms with Crippen LogP contribution in [0.15, 0.2) is 22.7 Å². The molecule has 1 aliphatic heterocycles. The molecule has 0 aromatic heterocycles. The van der Waals surface area contributed by atoms with Crippen LogP contribution in [0.5, 0.6) is 5.75 Å². The first-order chi connectivity index (χ1) is 9.58. The molecule has 2 rings (SSSR count). The molecule has 0 aliphatic carbocycles. The number of methoxy groups -OCH3 is 1. The van der Waals surface area contributed by atoms with Crippen molar-refractivity contribution < 1.29 is 19.4 Å². The zero-order valence-electron chi connectivity index (χ0n) is 11.3. The van der Waals surface area contributed by atoms with E-state index in [2.05, 4.69) is 15.9 Å². The molecule has 1 unspecified atom stereocenters. The van der Waals surface area contributed by atoms with Crippen molar-refractivity contribution in [3.8, 4) is 5.75 Å². The second-order valence-corrected chi connectivity index (χ2v) is 5.73. The minimum Gasteiger partial charge on any atom is -0.488 e. The minimum absolute atomic E-state index is 0.00323. The molecule has 0 spiro atoms. The Hall–Kier alpha value is -1.11. The number of hydrogen-bond acceptors (Lipinski definition) is 4. The Bertz CT molecular complexity index is 480. The third-order valence-electron chi connectivity index (χ3n) is 3.20. The molecule has 0 saturated carbocycles. The van der Waals surface area contributed by atoms with Gasteiger partial charge in [0.05, 0.1) is 13.2 Å². The number of halogens is 1. The van der Waals surface area contributed by atoms with Gasteiger partial charge < -0.3 is 14.6 Å². The highest BCUT2D eigenvalue weighted by Gasteiger charge is 2.25. The molecule has 1 aromatic rings. The zero-order valence-corrected chi connectivity index (χ0v) is 12.9. The molecular weight excluding hydrogens is 326 g/mol. The summed E-state index contributed by atoms with van der Waals surface area (Å²) in [5, 5.41) is 8.94.